The summed E-state index contributed by atoms with van der Waals surface area (Å²) < 4.78 is 7.24. The van der Waals surface area contributed by atoms with Crippen molar-refractivity contribution >= 4 is 15.9 Å². The van der Waals surface area contributed by atoms with Crippen molar-refractivity contribution in [1.29, 1.82) is 0 Å². The molecule has 110 valence electrons. The van der Waals surface area contributed by atoms with Crippen molar-refractivity contribution in [3.63, 3.8) is 0 Å². The molecular formula is C17H24BrNO. The van der Waals surface area contributed by atoms with Crippen molar-refractivity contribution in [3.8, 4) is 0 Å². The van der Waals surface area contributed by atoms with Crippen molar-refractivity contribution in [1.82, 2.24) is 5.32 Å². The van der Waals surface area contributed by atoms with Gasteiger partial charge in [-0.05, 0) is 75.3 Å². The van der Waals surface area contributed by atoms with E-state index in [0.717, 1.165) is 11.1 Å². The molecule has 0 amide bonds. The van der Waals surface area contributed by atoms with Gasteiger partial charge >= 0.3 is 0 Å². The Balaban J connectivity index is 1.81. The number of nitrogens with one attached hydrogen (secondary N) is 1. The average molecular weight is 338 g/mol. The van der Waals surface area contributed by atoms with Gasteiger partial charge in [0.2, 0.25) is 0 Å². The van der Waals surface area contributed by atoms with Gasteiger partial charge in [0.25, 0.3) is 0 Å². The van der Waals surface area contributed by atoms with Gasteiger partial charge in [0.15, 0.2) is 0 Å². The first-order valence-corrected chi connectivity index (χ1v) is 8.50. The Kier molecular flexibility index (Phi) is 4.21. The molecule has 1 saturated heterocycles. The number of ether oxygens (including phenoxy) is 1. The zero-order valence-corrected chi connectivity index (χ0v) is 14.0. The number of hydrogen-bond acceptors (Lipinski definition) is 2. The van der Waals surface area contributed by atoms with Crippen LogP contribution in [-0.4, -0.2) is 19.3 Å². The van der Waals surface area contributed by atoms with E-state index in [1.807, 2.05) is 0 Å². The lowest BCUT2D eigenvalue weighted by molar-refractivity contribution is -0.147. The van der Waals surface area contributed by atoms with E-state index in [-0.39, 0.29) is 5.60 Å². The fourth-order valence-electron chi connectivity index (χ4n) is 3.90. The summed E-state index contributed by atoms with van der Waals surface area (Å²) in [5, 5.41) is 3.56. The van der Waals surface area contributed by atoms with Gasteiger partial charge in [0.05, 0.1) is 5.60 Å². The molecular weight excluding hydrogens is 314 g/mol. The second kappa shape index (κ2) is 5.78. The first kappa shape index (κ1) is 14.6. The van der Waals surface area contributed by atoms with E-state index in [9.17, 15) is 0 Å². The molecule has 1 N–H and O–H groups in total. The van der Waals surface area contributed by atoms with E-state index < -0.39 is 0 Å². The van der Waals surface area contributed by atoms with Crippen molar-refractivity contribution in [2.75, 3.05) is 13.7 Å². The molecule has 2 unspecified atom stereocenters. The summed E-state index contributed by atoms with van der Waals surface area (Å²) in [7, 11) is 2.09. The van der Waals surface area contributed by atoms with Gasteiger partial charge in [0, 0.05) is 17.1 Å². The Labute approximate surface area is 130 Å². The smallest absolute Gasteiger partial charge is 0.0686 e. The predicted octanol–water partition coefficient (Wildman–Crippen LogP) is 4.37. The average Bonchev–Trinajstić information content (AvgIpc) is 2.40. The second-order valence-electron chi connectivity index (χ2n) is 6.41. The zero-order valence-electron chi connectivity index (χ0n) is 12.4. The number of benzene rings is 1. The molecule has 1 saturated carbocycles. The Morgan fingerprint density at radius 1 is 1.40 bits per heavy atom. The van der Waals surface area contributed by atoms with Crippen LogP contribution < -0.4 is 5.32 Å². The van der Waals surface area contributed by atoms with E-state index in [4.69, 9.17) is 4.74 Å². The molecule has 3 rings (SSSR count). The van der Waals surface area contributed by atoms with Gasteiger partial charge in [-0.1, -0.05) is 22.0 Å². The maximum Gasteiger partial charge on any atom is 0.0686 e. The highest BCUT2D eigenvalue weighted by Crippen LogP contribution is 2.47. The standard InChI is InChI=1S/C17H24BrNO/c1-12-10-14(18)4-5-15(12)16(19-2)13-6-9-20-17(11-13)7-3-8-17/h4-5,10,13,16,19H,3,6-9,11H2,1-2H3. The molecule has 2 aliphatic rings. The molecule has 2 nitrogen and oxygen atoms in total. The molecule has 1 aliphatic carbocycles. The van der Waals surface area contributed by atoms with Crippen LogP contribution >= 0.6 is 15.9 Å². The van der Waals surface area contributed by atoms with Crippen LogP contribution in [0.25, 0.3) is 0 Å². The first-order valence-electron chi connectivity index (χ1n) is 7.71. The number of hydrogen-bond donors (Lipinski definition) is 1. The zero-order chi connectivity index (χ0) is 14.2. The highest BCUT2D eigenvalue weighted by molar-refractivity contribution is 9.10. The maximum atomic E-state index is 6.08. The predicted molar refractivity (Wildman–Crippen MR) is 85.9 cm³/mol. The molecule has 3 heteroatoms. The summed E-state index contributed by atoms with van der Waals surface area (Å²) in [5.74, 6) is 0.689. The lowest BCUT2D eigenvalue weighted by Crippen LogP contribution is -2.47. The van der Waals surface area contributed by atoms with Crippen molar-refractivity contribution in [2.24, 2.45) is 5.92 Å². The quantitative estimate of drug-likeness (QED) is 0.884. The molecule has 2 fully saturated rings. The topological polar surface area (TPSA) is 21.3 Å². The molecule has 1 aromatic carbocycles. The fraction of sp³-hybridized carbons (Fsp3) is 0.647. The van der Waals surface area contributed by atoms with Crippen LogP contribution in [0.3, 0.4) is 0 Å². The highest BCUT2D eigenvalue weighted by Gasteiger charge is 2.44. The number of halogens is 1. The van der Waals surface area contributed by atoms with E-state index in [1.54, 1.807) is 0 Å². The van der Waals surface area contributed by atoms with Crippen LogP contribution in [0.5, 0.6) is 0 Å². The minimum absolute atomic E-state index is 0.223. The summed E-state index contributed by atoms with van der Waals surface area (Å²) >= 11 is 3.56. The molecule has 20 heavy (non-hydrogen) atoms. The van der Waals surface area contributed by atoms with Crippen LogP contribution in [0.2, 0.25) is 0 Å². The van der Waals surface area contributed by atoms with E-state index >= 15 is 0 Å². The largest absolute Gasteiger partial charge is 0.375 e. The number of rotatable bonds is 3. The third-order valence-corrected chi connectivity index (χ3v) is 5.64. The molecule has 0 bridgehead atoms. The Hall–Kier alpha value is -0.380. The van der Waals surface area contributed by atoms with Crippen LogP contribution in [0, 0.1) is 12.8 Å². The third kappa shape index (κ3) is 2.68. The molecule has 0 radical (unpaired) electrons. The summed E-state index contributed by atoms with van der Waals surface area (Å²) in [6.07, 6.45) is 6.25. The van der Waals surface area contributed by atoms with Gasteiger partial charge in [-0.15, -0.1) is 0 Å². The molecule has 0 aromatic heterocycles. The monoisotopic (exact) mass is 337 g/mol. The summed E-state index contributed by atoms with van der Waals surface area (Å²) in [6, 6.07) is 7.09. The van der Waals surface area contributed by atoms with Crippen LogP contribution in [0.1, 0.15) is 49.3 Å². The maximum absolute atomic E-state index is 6.08. The van der Waals surface area contributed by atoms with Crippen molar-refractivity contribution in [2.45, 2.75) is 50.7 Å². The molecule has 2 atom stereocenters. The van der Waals surface area contributed by atoms with Gasteiger partial charge in [-0.3, -0.25) is 0 Å². The second-order valence-corrected chi connectivity index (χ2v) is 7.32. The lowest BCUT2D eigenvalue weighted by atomic mass is 9.69. The highest BCUT2D eigenvalue weighted by atomic mass is 79.9. The molecule has 1 aromatic rings. The Bertz CT molecular complexity index is 484. The van der Waals surface area contributed by atoms with Crippen LogP contribution in [0.15, 0.2) is 22.7 Å². The van der Waals surface area contributed by atoms with Gasteiger partial charge in [-0.25, -0.2) is 0 Å². The Morgan fingerprint density at radius 2 is 2.20 bits per heavy atom. The Morgan fingerprint density at radius 3 is 2.80 bits per heavy atom. The summed E-state index contributed by atoms with van der Waals surface area (Å²) in [5.41, 5.74) is 3.03. The van der Waals surface area contributed by atoms with Gasteiger partial charge in [0.1, 0.15) is 0 Å². The van der Waals surface area contributed by atoms with Crippen LogP contribution in [0.4, 0.5) is 0 Å². The van der Waals surface area contributed by atoms with Gasteiger partial charge < -0.3 is 10.1 Å². The first-order chi connectivity index (χ1) is 9.63. The lowest BCUT2D eigenvalue weighted by Gasteiger charge is -2.49. The van der Waals surface area contributed by atoms with E-state index in [0.29, 0.717) is 12.0 Å². The normalized spacial score (nSPS) is 26.2. The van der Waals surface area contributed by atoms with E-state index in [2.05, 4.69) is 53.4 Å². The van der Waals surface area contributed by atoms with Crippen molar-refractivity contribution < 1.29 is 4.74 Å². The minimum atomic E-state index is 0.223. The number of aryl methyl sites for hydroxylation is 1. The third-order valence-electron chi connectivity index (χ3n) is 5.15. The summed E-state index contributed by atoms with van der Waals surface area (Å²) in [6.45, 7) is 3.14. The summed E-state index contributed by atoms with van der Waals surface area (Å²) in [4.78, 5) is 0. The molecule has 1 aliphatic heterocycles. The minimum Gasteiger partial charge on any atom is -0.375 e. The van der Waals surface area contributed by atoms with E-state index in [1.165, 1.54) is 43.2 Å². The van der Waals surface area contributed by atoms with Crippen molar-refractivity contribution in [3.05, 3.63) is 33.8 Å². The van der Waals surface area contributed by atoms with Gasteiger partial charge in [-0.2, -0.15) is 0 Å². The SMILES string of the molecule is CNC(c1ccc(Br)cc1C)C1CCOC2(CCC2)C1. The molecule has 1 spiro atoms. The molecule has 1 heterocycles. The van der Waals surface area contributed by atoms with Crippen LogP contribution in [-0.2, 0) is 4.74 Å². The fourth-order valence-corrected chi connectivity index (χ4v) is 4.38.